The molecule has 1 fully saturated rings. The number of hydrogen-bond acceptors (Lipinski definition) is 4. The lowest BCUT2D eigenvalue weighted by molar-refractivity contribution is -0.179. The largest absolute Gasteiger partial charge is 0.391 e. The summed E-state index contributed by atoms with van der Waals surface area (Å²) >= 11 is 1.53. The maximum absolute atomic E-state index is 12.6. The Kier molecular flexibility index (Phi) is 3.08. The topological polar surface area (TPSA) is 29.0 Å². The summed E-state index contributed by atoms with van der Waals surface area (Å²) in [6, 6.07) is 1.90. The van der Waals surface area contributed by atoms with E-state index in [9.17, 15) is 13.2 Å². The number of halogens is 3. The Morgan fingerprint density at radius 3 is 2.63 bits per heavy atom. The molecule has 7 heteroatoms. The molecule has 0 saturated carbocycles. The molecular weight excluding hydrogens is 275 g/mol. The first-order chi connectivity index (χ1) is 9.05. The van der Waals surface area contributed by atoms with Crippen LogP contribution < -0.4 is 4.90 Å². The minimum atomic E-state index is -4.07. The lowest BCUT2D eigenvalue weighted by Crippen LogP contribution is -2.39. The van der Waals surface area contributed by atoms with E-state index in [0.29, 0.717) is 13.1 Å². The van der Waals surface area contributed by atoms with Crippen molar-refractivity contribution in [3.8, 4) is 0 Å². The fourth-order valence-electron chi connectivity index (χ4n) is 2.42. The molecule has 1 aliphatic rings. The second-order valence-electron chi connectivity index (χ2n) is 4.64. The van der Waals surface area contributed by atoms with Crippen molar-refractivity contribution in [3.63, 3.8) is 0 Å². The predicted octanol–water partition coefficient (Wildman–Crippen LogP) is 3.47. The molecule has 1 aliphatic heterocycles. The van der Waals surface area contributed by atoms with Crippen LogP contribution in [0.3, 0.4) is 0 Å². The van der Waals surface area contributed by atoms with E-state index in [1.807, 2.05) is 16.3 Å². The highest BCUT2D eigenvalue weighted by atomic mass is 32.1. The van der Waals surface area contributed by atoms with Gasteiger partial charge in [-0.2, -0.15) is 13.2 Å². The van der Waals surface area contributed by atoms with E-state index in [0.717, 1.165) is 16.0 Å². The van der Waals surface area contributed by atoms with Gasteiger partial charge in [-0.05, 0) is 24.3 Å². The summed E-state index contributed by atoms with van der Waals surface area (Å²) in [5, 5.41) is 1.92. The number of aromatic nitrogens is 2. The Bertz CT molecular complexity index is 573. The highest BCUT2D eigenvalue weighted by Crippen LogP contribution is 2.36. The van der Waals surface area contributed by atoms with Crippen molar-refractivity contribution >= 4 is 27.4 Å². The van der Waals surface area contributed by atoms with Crippen molar-refractivity contribution in [2.75, 3.05) is 18.0 Å². The van der Waals surface area contributed by atoms with Gasteiger partial charge in [-0.25, -0.2) is 9.97 Å². The van der Waals surface area contributed by atoms with E-state index in [2.05, 4.69) is 9.97 Å². The molecule has 0 bridgehead atoms. The van der Waals surface area contributed by atoms with Crippen LogP contribution in [-0.2, 0) is 0 Å². The Morgan fingerprint density at radius 2 is 1.95 bits per heavy atom. The Hall–Kier alpha value is -1.37. The van der Waals surface area contributed by atoms with Crippen LogP contribution >= 0.6 is 11.3 Å². The number of thiophene rings is 1. The lowest BCUT2D eigenvalue weighted by atomic mass is 9.96. The third-order valence-electron chi connectivity index (χ3n) is 3.48. The van der Waals surface area contributed by atoms with Gasteiger partial charge in [0.1, 0.15) is 12.1 Å². The second-order valence-corrected chi connectivity index (χ2v) is 5.55. The zero-order valence-electron chi connectivity index (χ0n) is 10.0. The molecule has 0 spiro atoms. The van der Waals surface area contributed by atoms with Crippen molar-refractivity contribution in [2.24, 2.45) is 5.92 Å². The zero-order valence-corrected chi connectivity index (χ0v) is 10.8. The van der Waals surface area contributed by atoms with Crippen LogP contribution in [0.25, 0.3) is 10.2 Å². The minimum Gasteiger partial charge on any atom is -0.355 e. The molecule has 0 unspecified atom stereocenters. The van der Waals surface area contributed by atoms with Crippen molar-refractivity contribution in [3.05, 3.63) is 17.8 Å². The van der Waals surface area contributed by atoms with Crippen LogP contribution in [0.4, 0.5) is 19.0 Å². The van der Waals surface area contributed by atoms with Gasteiger partial charge in [0.15, 0.2) is 0 Å². The molecule has 1 saturated heterocycles. The Balaban J connectivity index is 1.80. The molecule has 0 aromatic carbocycles. The van der Waals surface area contributed by atoms with Gasteiger partial charge < -0.3 is 4.90 Å². The molecule has 0 amide bonds. The number of anilines is 1. The SMILES string of the molecule is FC(F)(F)C1CCN(c2ncnc3ccsc23)CC1. The molecule has 0 aliphatic carbocycles. The number of nitrogens with zero attached hydrogens (tertiary/aromatic N) is 3. The molecule has 3 heterocycles. The first-order valence-electron chi connectivity index (χ1n) is 6.05. The van der Waals surface area contributed by atoms with Crippen LogP contribution in [-0.4, -0.2) is 29.2 Å². The number of piperidine rings is 1. The van der Waals surface area contributed by atoms with E-state index in [1.165, 1.54) is 17.7 Å². The van der Waals surface area contributed by atoms with Gasteiger partial charge in [0.05, 0.1) is 16.1 Å². The zero-order chi connectivity index (χ0) is 13.5. The van der Waals surface area contributed by atoms with Gasteiger partial charge >= 0.3 is 6.18 Å². The fraction of sp³-hybridized carbons (Fsp3) is 0.500. The van der Waals surface area contributed by atoms with Gasteiger partial charge in [0.2, 0.25) is 0 Å². The molecule has 19 heavy (non-hydrogen) atoms. The summed E-state index contributed by atoms with van der Waals surface area (Å²) in [5.41, 5.74) is 0.855. The van der Waals surface area contributed by atoms with E-state index >= 15 is 0 Å². The molecule has 3 rings (SSSR count). The molecule has 0 N–H and O–H groups in total. The van der Waals surface area contributed by atoms with Gasteiger partial charge in [-0.1, -0.05) is 0 Å². The number of alkyl halides is 3. The fourth-order valence-corrected chi connectivity index (χ4v) is 3.28. The number of fused-ring (bicyclic) bond motifs is 1. The summed E-state index contributed by atoms with van der Waals surface area (Å²) in [5.74, 6) is -0.412. The summed E-state index contributed by atoms with van der Waals surface area (Å²) in [4.78, 5) is 10.3. The Labute approximate surface area is 112 Å². The quantitative estimate of drug-likeness (QED) is 0.804. The number of rotatable bonds is 1. The smallest absolute Gasteiger partial charge is 0.355 e. The Morgan fingerprint density at radius 1 is 1.21 bits per heavy atom. The van der Waals surface area contributed by atoms with E-state index in [-0.39, 0.29) is 12.8 Å². The van der Waals surface area contributed by atoms with Gasteiger partial charge in [0, 0.05) is 13.1 Å². The molecule has 2 aromatic heterocycles. The third-order valence-corrected chi connectivity index (χ3v) is 4.38. The predicted molar refractivity (Wildman–Crippen MR) is 68.4 cm³/mol. The number of hydrogen-bond donors (Lipinski definition) is 0. The van der Waals surface area contributed by atoms with Gasteiger partial charge in [-0.15, -0.1) is 11.3 Å². The summed E-state index contributed by atoms with van der Waals surface area (Å²) in [6.07, 6.45) is -2.32. The van der Waals surface area contributed by atoms with Crippen molar-refractivity contribution in [1.29, 1.82) is 0 Å². The normalized spacial score (nSPS) is 18.2. The molecular formula is C12H12F3N3S. The average molecular weight is 287 g/mol. The maximum Gasteiger partial charge on any atom is 0.391 e. The van der Waals surface area contributed by atoms with Gasteiger partial charge in [-0.3, -0.25) is 0 Å². The lowest BCUT2D eigenvalue weighted by Gasteiger charge is -2.33. The highest BCUT2D eigenvalue weighted by Gasteiger charge is 2.41. The molecule has 102 valence electrons. The standard InChI is InChI=1S/C12H12F3N3S/c13-12(14,15)8-1-4-18(5-2-8)11-10-9(3-6-19-10)16-7-17-11/h3,6-8H,1-2,4-5H2. The third kappa shape index (κ3) is 2.39. The monoisotopic (exact) mass is 287 g/mol. The summed E-state index contributed by atoms with van der Waals surface area (Å²) in [7, 11) is 0. The van der Waals surface area contributed by atoms with E-state index < -0.39 is 12.1 Å². The van der Waals surface area contributed by atoms with Gasteiger partial charge in [0.25, 0.3) is 0 Å². The van der Waals surface area contributed by atoms with Crippen molar-refractivity contribution < 1.29 is 13.2 Å². The van der Waals surface area contributed by atoms with E-state index in [1.54, 1.807) is 0 Å². The maximum atomic E-state index is 12.6. The molecule has 2 aromatic rings. The molecule has 3 nitrogen and oxygen atoms in total. The van der Waals surface area contributed by atoms with Crippen LogP contribution in [0.5, 0.6) is 0 Å². The highest BCUT2D eigenvalue weighted by molar-refractivity contribution is 7.17. The summed E-state index contributed by atoms with van der Waals surface area (Å²) < 4.78 is 38.8. The van der Waals surface area contributed by atoms with Crippen LogP contribution in [0, 0.1) is 5.92 Å². The second kappa shape index (κ2) is 4.63. The van der Waals surface area contributed by atoms with Crippen molar-refractivity contribution in [2.45, 2.75) is 19.0 Å². The van der Waals surface area contributed by atoms with Crippen LogP contribution in [0.15, 0.2) is 17.8 Å². The minimum absolute atomic E-state index is 0.139. The van der Waals surface area contributed by atoms with Crippen LogP contribution in [0.2, 0.25) is 0 Å². The molecule has 0 radical (unpaired) electrons. The summed E-state index contributed by atoms with van der Waals surface area (Å²) in [6.45, 7) is 0.794. The molecule has 0 atom stereocenters. The first-order valence-corrected chi connectivity index (χ1v) is 6.93. The van der Waals surface area contributed by atoms with E-state index in [4.69, 9.17) is 0 Å². The average Bonchev–Trinajstić information content (AvgIpc) is 2.86. The van der Waals surface area contributed by atoms with Crippen molar-refractivity contribution in [1.82, 2.24) is 9.97 Å². The van der Waals surface area contributed by atoms with Crippen LogP contribution in [0.1, 0.15) is 12.8 Å². The first kappa shape index (κ1) is 12.7.